The van der Waals surface area contributed by atoms with Gasteiger partial charge in [-0.1, -0.05) is 30.4 Å². The van der Waals surface area contributed by atoms with Crippen molar-refractivity contribution in [2.75, 3.05) is 44.3 Å². The Balaban J connectivity index is 1.59. The molecule has 31 heavy (non-hydrogen) atoms. The Morgan fingerprint density at radius 2 is 2.00 bits per heavy atom. The summed E-state index contributed by atoms with van der Waals surface area (Å²) in [6, 6.07) is 15.1. The van der Waals surface area contributed by atoms with E-state index >= 15 is 0 Å². The van der Waals surface area contributed by atoms with Gasteiger partial charge in [0, 0.05) is 31.7 Å². The van der Waals surface area contributed by atoms with Gasteiger partial charge in [-0.05, 0) is 48.7 Å². The monoisotopic (exact) mass is 434 g/mol. The lowest BCUT2D eigenvalue weighted by Gasteiger charge is -2.27. The predicted octanol–water partition coefficient (Wildman–Crippen LogP) is 4.10. The number of hydrogen-bond donors (Lipinski definition) is 0. The zero-order valence-electron chi connectivity index (χ0n) is 17.7. The molecule has 160 valence electrons. The highest BCUT2D eigenvalue weighted by atomic mass is 32.1. The zero-order chi connectivity index (χ0) is 21.6. The molecular formula is C24H26N4O2S. The van der Waals surface area contributed by atoms with Crippen molar-refractivity contribution in [2.45, 2.75) is 19.8 Å². The number of hydrogen-bond acceptors (Lipinski definition) is 6. The molecule has 1 amide bonds. The highest BCUT2D eigenvalue weighted by Gasteiger charge is 2.22. The second-order valence-electron chi connectivity index (χ2n) is 7.57. The molecule has 0 radical (unpaired) electrons. The number of carbonyl (C=O) groups excluding carboxylic acids is 1. The van der Waals surface area contributed by atoms with Crippen molar-refractivity contribution < 1.29 is 9.53 Å². The van der Waals surface area contributed by atoms with E-state index in [1.165, 1.54) is 5.56 Å². The Bertz CT molecular complexity index is 1080. The van der Waals surface area contributed by atoms with Gasteiger partial charge < -0.3 is 4.74 Å². The molecule has 1 aromatic heterocycles. The number of anilines is 1. The van der Waals surface area contributed by atoms with Crippen LogP contribution in [0.4, 0.5) is 5.13 Å². The summed E-state index contributed by atoms with van der Waals surface area (Å²) in [5.74, 6) is -0.0800. The molecule has 0 spiro atoms. The fourth-order valence-corrected chi connectivity index (χ4v) is 4.84. The number of thiazole rings is 1. The Morgan fingerprint density at radius 3 is 2.71 bits per heavy atom. The van der Waals surface area contributed by atoms with E-state index in [1.807, 2.05) is 6.07 Å². The minimum Gasteiger partial charge on any atom is -0.379 e. The molecule has 0 atom stereocenters. The lowest BCUT2D eigenvalue weighted by Crippen LogP contribution is -2.39. The molecule has 6 nitrogen and oxygen atoms in total. The van der Waals surface area contributed by atoms with Gasteiger partial charge >= 0.3 is 0 Å². The molecule has 0 aliphatic carbocycles. The molecule has 3 aromatic rings. The minimum absolute atomic E-state index is 0.0800. The lowest BCUT2D eigenvalue weighted by atomic mass is 10.1. The molecule has 0 bridgehead atoms. The second kappa shape index (κ2) is 10.0. The summed E-state index contributed by atoms with van der Waals surface area (Å²) in [6.07, 6.45) is 1.76. The fraction of sp³-hybridized carbons (Fsp3) is 0.375. The van der Waals surface area contributed by atoms with E-state index in [9.17, 15) is 4.79 Å². The summed E-state index contributed by atoms with van der Waals surface area (Å²) < 4.78 is 6.53. The van der Waals surface area contributed by atoms with Crippen molar-refractivity contribution in [2.24, 2.45) is 0 Å². The van der Waals surface area contributed by atoms with Crippen LogP contribution in [0.25, 0.3) is 10.2 Å². The summed E-state index contributed by atoms with van der Waals surface area (Å²) in [6.45, 7) is 7.05. The summed E-state index contributed by atoms with van der Waals surface area (Å²) >= 11 is 1.56. The first-order chi connectivity index (χ1) is 15.2. The largest absolute Gasteiger partial charge is 0.379 e. The molecule has 1 saturated heterocycles. The number of aryl methyl sites for hydroxylation is 1. The normalized spacial score (nSPS) is 14.5. The number of amides is 1. The molecular weight excluding hydrogens is 408 g/mol. The van der Waals surface area contributed by atoms with Crippen LogP contribution in [0.2, 0.25) is 0 Å². The highest BCUT2D eigenvalue weighted by Crippen LogP contribution is 2.32. The van der Waals surface area contributed by atoms with Crippen LogP contribution < -0.4 is 4.90 Å². The summed E-state index contributed by atoms with van der Waals surface area (Å²) in [5, 5.41) is 9.79. The summed E-state index contributed by atoms with van der Waals surface area (Å²) in [5.41, 5.74) is 3.29. The number of carbonyl (C=O) groups is 1. The SMILES string of the molecule is CCc1cccc2sc(N(CCCN3CCOCC3)C(=O)c3ccc(C#N)cc3)nc12. The first-order valence-corrected chi connectivity index (χ1v) is 11.5. The van der Waals surface area contributed by atoms with Gasteiger partial charge in [-0.25, -0.2) is 4.98 Å². The van der Waals surface area contributed by atoms with Gasteiger partial charge in [0.05, 0.1) is 35.1 Å². The van der Waals surface area contributed by atoms with Crippen molar-refractivity contribution in [1.29, 1.82) is 5.26 Å². The van der Waals surface area contributed by atoms with Gasteiger partial charge in [0.15, 0.2) is 5.13 Å². The van der Waals surface area contributed by atoms with E-state index in [0.29, 0.717) is 17.7 Å². The van der Waals surface area contributed by atoms with E-state index in [1.54, 1.807) is 40.5 Å². The quantitative estimate of drug-likeness (QED) is 0.560. The third-order valence-corrected chi connectivity index (χ3v) is 6.61. The zero-order valence-corrected chi connectivity index (χ0v) is 18.5. The van der Waals surface area contributed by atoms with Crippen molar-refractivity contribution in [3.8, 4) is 6.07 Å². The predicted molar refractivity (Wildman–Crippen MR) is 124 cm³/mol. The average Bonchev–Trinajstić information content (AvgIpc) is 3.26. The van der Waals surface area contributed by atoms with E-state index in [-0.39, 0.29) is 5.91 Å². The second-order valence-corrected chi connectivity index (χ2v) is 8.58. The highest BCUT2D eigenvalue weighted by molar-refractivity contribution is 7.22. The van der Waals surface area contributed by atoms with Crippen molar-refractivity contribution in [1.82, 2.24) is 9.88 Å². The molecule has 7 heteroatoms. The Morgan fingerprint density at radius 1 is 1.23 bits per heavy atom. The topological polar surface area (TPSA) is 69.5 Å². The molecule has 0 N–H and O–H groups in total. The van der Waals surface area contributed by atoms with E-state index in [0.717, 1.165) is 61.0 Å². The number of fused-ring (bicyclic) bond motifs is 1. The van der Waals surface area contributed by atoms with Gasteiger partial charge in [-0.3, -0.25) is 14.6 Å². The number of ether oxygens (including phenoxy) is 1. The van der Waals surface area contributed by atoms with E-state index in [4.69, 9.17) is 15.0 Å². The molecule has 2 heterocycles. The van der Waals surface area contributed by atoms with Gasteiger partial charge in [0.25, 0.3) is 5.91 Å². The third-order valence-electron chi connectivity index (χ3n) is 5.57. The molecule has 4 rings (SSSR count). The molecule has 1 fully saturated rings. The molecule has 2 aromatic carbocycles. The van der Waals surface area contributed by atoms with Crippen LogP contribution >= 0.6 is 11.3 Å². The van der Waals surface area contributed by atoms with Crippen LogP contribution in [0, 0.1) is 11.3 Å². The number of nitriles is 1. The van der Waals surface area contributed by atoms with Crippen LogP contribution in [-0.4, -0.2) is 55.2 Å². The van der Waals surface area contributed by atoms with Crippen molar-refractivity contribution in [3.05, 3.63) is 59.2 Å². The maximum atomic E-state index is 13.4. The van der Waals surface area contributed by atoms with Gasteiger partial charge in [0.2, 0.25) is 0 Å². The first-order valence-electron chi connectivity index (χ1n) is 10.7. The van der Waals surface area contributed by atoms with Crippen LogP contribution in [0.3, 0.4) is 0 Å². The number of aromatic nitrogens is 1. The van der Waals surface area contributed by atoms with Gasteiger partial charge in [0.1, 0.15) is 0 Å². The first kappa shape index (κ1) is 21.4. The number of benzene rings is 2. The standard InChI is InChI=1S/C24H26N4O2S/c1-2-19-5-3-6-21-22(19)26-24(31-21)28(12-4-11-27-13-15-30-16-14-27)23(29)20-9-7-18(17-25)8-10-20/h3,5-10H,2,4,11-16H2,1H3. The van der Waals surface area contributed by atoms with Crippen molar-refractivity contribution >= 4 is 32.6 Å². The van der Waals surface area contributed by atoms with Crippen LogP contribution in [-0.2, 0) is 11.2 Å². The summed E-state index contributed by atoms with van der Waals surface area (Å²) in [4.78, 5) is 22.5. The Labute approximate surface area is 186 Å². The number of nitrogens with zero attached hydrogens (tertiary/aromatic N) is 4. The van der Waals surface area contributed by atoms with E-state index in [2.05, 4.69) is 30.0 Å². The molecule has 1 aliphatic rings. The molecule has 0 unspecified atom stereocenters. The molecule has 1 aliphatic heterocycles. The average molecular weight is 435 g/mol. The van der Waals surface area contributed by atoms with Crippen LogP contribution in [0.1, 0.15) is 34.8 Å². The maximum Gasteiger partial charge on any atom is 0.260 e. The Hall–Kier alpha value is -2.79. The number of rotatable bonds is 7. The maximum absolute atomic E-state index is 13.4. The smallest absolute Gasteiger partial charge is 0.260 e. The van der Waals surface area contributed by atoms with Gasteiger partial charge in [-0.2, -0.15) is 5.26 Å². The fourth-order valence-electron chi connectivity index (χ4n) is 3.80. The van der Waals surface area contributed by atoms with Crippen molar-refractivity contribution in [3.63, 3.8) is 0 Å². The van der Waals surface area contributed by atoms with E-state index < -0.39 is 0 Å². The van der Waals surface area contributed by atoms with Crippen LogP contribution in [0.15, 0.2) is 42.5 Å². The third kappa shape index (κ3) is 4.93. The van der Waals surface area contributed by atoms with Crippen LogP contribution in [0.5, 0.6) is 0 Å². The minimum atomic E-state index is -0.0800. The lowest BCUT2D eigenvalue weighted by molar-refractivity contribution is 0.0376. The Kier molecular flexibility index (Phi) is 6.92. The molecule has 0 saturated carbocycles. The number of morpholine rings is 1. The summed E-state index contributed by atoms with van der Waals surface area (Å²) in [7, 11) is 0. The number of para-hydroxylation sites is 1. The van der Waals surface area contributed by atoms with Gasteiger partial charge in [-0.15, -0.1) is 0 Å².